The van der Waals surface area contributed by atoms with E-state index in [1.54, 1.807) is 20.8 Å². The summed E-state index contributed by atoms with van der Waals surface area (Å²) in [5, 5.41) is 12.3. The lowest BCUT2D eigenvalue weighted by atomic mass is 9.74. The number of halogens is 1. The topological polar surface area (TPSA) is 106 Å². The van der Waals surface area contributed by atoms with Crippen LogP contribution in [0.4, 0.5) is 9.18 Å². The van der Waals surface area contributed by atoms with Crippen molar-refractivity contribution in [3.05, 3.63) is 35.6 Å². The zero-order valence-corrected chi connectivity index (χ0v) is 23.7. The van der Waals surface area contributed by atoms with E-state index in [2.05, 4.69) is 16.3 Å². The van der Waals surface area contributed by atoms with Crippen LogP contribution in [0.3, 0.4) is 0 Å². The maximum Gasteiger partial charge on any atom is 0.408 e. The number of fused-ring (bicyclic) bond motifs is 2. The Morgan fingerprint density at radius 3 is 2.50 bits per heavy atom. The Bertz CT molecular complexity index is 1170. The fraction of sp³-hybridized carbons (Fsp3) is 0.667. The fourth-order valence-electron chi connectivity index (χ4n) is 7.23. The summed E-state index contributed by atoms with van der Waals surface area (Å²) >= 11 is 0. The van der Waals surface area contributed by atoms with E-state index >= 15 is 0 Å². The largest absolute Gasteiger partial charge is 0.444 e. The van der Waals surface area contributed by atoms with E-state index in [4.69, 9.17) is 4.74 Å². The van der Waals surface area contributed by atoms with Gasteiger partial charge in [0.15, 0.2) is 0 Å². The smallest absolute Gasteiger partial charge is 0.408 e. The number of carbonyl (C=O) groups excluding carboxylic acids is 3. The predicted molar refractivity (Wildman–Crippen MR) is 145 cm³/mol. The van der Waals surface area contributed by atoms with Crippen LogP contribution in [-0.2, 0) is 19.9 Å². The molecule has 4 fully saturated rings. The van der Waals surface area contributed by atoms with Gasteiger partial charge in [0.05, 0.1) is 17.6 Å². The van der Waals surface area contributed by atoms with Gasteiger partial charge in [0.2, 0.25) is 11.8 Å². The summed E-state index contributed by atoms with van der Waals surface area (Å²) in [4.78, 5) is 45.9. The minimum absolute atomic E-state index is 0.0296. The van der Waals surface area contributed by atoms with Gasteiger partial charge in [-0.3, -0.25) is 14.5 Å². The Balaban J connectivity index is 1.36. The summed E-state index contributed by atoms with van der Waals surface area (Å²) < 4.78 is 19.2. The lowest BCUT2D eigenvalue weighted by Crippen LogP contribution is -2.62. The Kier molecular flexibility index (Phi) is 7.79. The number of alkyl carbamates (subject to hydrolysis) is 1. The first kappa shape index (κ1) is 28.3. The molecule has 1 saturated carbocycles. The molecule has 40 heavy (non-hydrogen) atoms. The van der Waals surface area contributed by atoms with Crippen molar-refractivity contribution < 1.29 is 23.5 Å². The van der Waals surface area contributed by atoms with Crippen molar-refractivity contribution in [2.75, 3.05) is 19.6 Å². The number of carbonyl (C=O) groups is 3. The standard InChI is InChI=1S/C30H40FN5O4/c1-29(2,3)40-28(39)33-24(26(37)35-15-7-8-22(35)17-32)19-34-18-23-16-25(34)27(38)36(23)30(13-5-4-6-14-30)20-9-11-21(31)12-10-20/h9-12,22-25H,4-8,13-16,18-19H2,1-3H3,(H,33,39)/t22-,23+,24-,25+/m0/s1. The first-order chi connectivity index (χ1) is 19.0. The van der Waals surface area contributed by atoms with Crippen molar-refractivity contribution in [1.82, 2.24) is 20.0 Å². The minimum atomic E-state index is -0.940. The van der Waals surface area contributed by atoms with Crippen LogP contribution in [0.15, 0.2) is 24.3 Å². The number of benzene rings is 1. The van der Waals surface area contributed by atoms with Crippen molar-refractivity contribution in [3.63, 3.8) is 0 Å². The van der Waals surface area contributed by atoms with Crippen LogP contribution >= 0.6 is 0 Å². The predicted octanol–water partition coefficient (Wildman–Crippen LogP) is 3.68. The molecule has 3 heterocycles. The van der Waals surface area contributed by atoms with E-state index in [0.717, 1.165) is 44.1 Å². The van der Waals surface area contributed by atoms with Gasteiger partial charge in [-0.05, 0) is 70.6 Å². The van der Waals surface area contributed by atoms with E-state index in [-0.39, 0.29) is 30.2 Å². The number of nitrogens with one attached hydrogen (secondary N) is 1. The molecular weight excluding hydrogens is 513 g/mol. The second-order valence-electron chi connectivity index (χ2n) is 12.7. The third kappa shape index (κ3) is 5.40. The lowest BCUT2D eigenvalue weighted by Gasteiger charge is -2.50. The molecule has 1 N–H and O–H groups in total. The van der Waals surface area contributed by atoms with Crippen LogP contribution < -0.4 is 5.32 Å². The molecule has 3 amide bonds. The fourth-order valence-corrected chi connectivity index (χ4v) is 7.23. The normalized spacial score (nSPS) is 27.0. The van der Waals surface area contributed by atoms with Crippen LogP contribution in [0, 0.1) is 17.1 Å². The first-order valence-corrected chi connectivity index (χ1v) is 14.6. The highest BCUT2D eigenvalue weighted by Crippen LogP contribution is 2.48. The van der Waals surface area contributed by atoms with Gasteiger partial charge >= 0.3 is 6.09 Å². The number of likely N-dealkylation sites (tertiary alicyclic amines) is 3. The molecule has 9 nitrogen and oxygen atoms in total. The molecular formula is C30H40FN5O4. The Labute approximate surface area is 235 Å². The highest BCUT2D eigenvalue weighted by molar-refractivity contribution is 5.88. The highest BCUT2D eigenvalue weighted by atomic mass is 19.1. The molecule has 3 aliphatic heterocycles. The van der Waals surface area contributed by atoms with Gasteiger partial charge in [-0.1, -0.05) is 31.4 Å². The number of rotatable bonds is 6. The molecule has 1 aromatic rings. The van der Waals surface area contributed by atoms with Crippen LogP contribution in [0.5, 0.6) is 0 Å². The van der Waals surface area contributed by atoms with E-state index in [9.17, 15) is 24.0 Å². The second kappa shape index (κ2) is 11.0. The summed E-state index contributed by atoms with van der Waals surface area (Å²) in [6.07, 6.45) is 6.12. The van der Waals surface area contributed by atoms with E-state index in [0.29, 0.717) is 25.9 Å². The van der Waals surface area contributed by atoms with E-state index in [1.165, 1.54) is 17.0 Å². The summed E-state index contributed by atoms with van der Waals surface area (Å²) in [6, 6.07) is 6.89. The van der Waals surface area contributed by atoms with E-state index in [1.807, 2.05) is 17.0 Å². The second-order valence-corrected chi connectivity index (χ2v) is 12.7. The molecule has 1 aromatic carbocycles. The zero-order valence-electron chi connectivity index (χ0n) is 23.7. The monoisotopic (exact) mass is 553 g/mol. The lowest BCUT2D eigenvalue weighted by molar-refractivity contribution is -0.147. The summed E-state index contributed by atoms with van der Waals surface area (Å²) in [5.41, 5.74) is -0.204. The molecule has 3 saturated heterocycles. The molecule has 10 heteroatoms. The average molecular weight is 554 g/mol. The number of piperazine rings is 1. The van der Waals surface area contributed by atoms with Crippen LogP contribution in [0.2, 0.25) is 0 Å². The highest BCUT2D eigenvalue weighted by Gasteiger charge is 2.57. The quantitative estimate of drug-likeness (QED) is 0.576. The van der Waals surface area contributed by atoms with Crippen LogP contribution in [-0.4, -0.2) is 82.0 Å². The van der Waals surface area contributed by atoms with Crippen molar-refractivity contribution in [1.29, 1.82) is 5.26 Å². The third-order valence-electron chi connectivity index (χ3n) is 8.88. The van der Waals surface area contributed by atoms with Gasteiger partial charge in [-0.2, -0.15) is 5.26 Å². The van der Waals surface area contributed by atoms with Gasteiger partial charge in [0.25, 0.3) is 0 Å². The first-order valence-electron chi connectivity index (χ1n) is 14.6. The Hall–Kier alpha value is -3.19. The van der Waals surface area contributed by atoms with Gasteiger partial charge < -0.3 is 19.9 Å². The van der Waals surface area contributed by atoms with Gasteiger partial charge in [-0.25, -0.2) is 9.18 Å². The molecule has 0 radical (unpaired) electrons. The number of hydrogen-bond acceptors (Lipinski definition) is 6. The number of amides is 3. The maximum absolute atomic E-state index is 14.0. The average Bonchev–Trinajstić information content (AvgIpc) is 3.62. The van der Waals surface area contributed by atoms with Gasteiger partial charge in [0.1, 0.15) is 23.5 Å². The molecule has 5 rings (SSSR count). The number of ether oxygens (including phenoxy) is 1. The molecule has 0 aromatic heterocycles. The molecule has 0 spiro atoms. The zero-order chi connectivity index (χ0) is 28.7. The summed E-state index contributed by atoms with van der Waals surface area (Å²) in [7, 11) is 0. The van der Waals surface area contributed by atoms with Crippen molar-refractivity contribution >= 4 is 17.9 Å². The molecule has 2 bridgehead atoms. The Morgan fingerprint density at radius 1 is 1.18 bits per heavy atom. The third-order valence-corrected chi connectivity index (χ3v) is 8.88. The van der Waals surface area contributed by atoms with Gasteiger partial charge in [-0.15, -0.1) is 0 Å². The molecule has 0 unspecified atom stereocenters. The van der Waals surface area contributed by atoms with Crippen LogP contribution in [0.25, 0.3) is 0 Å². The number of hydrogen-bond donors (Lipinski definition) is 1. The van der Waals surface area contributed by atoms with Crippen molar-refractivity contribution in [2.24, 2.45) is 0 Å². The minimum Gasteiger partial charge on any atom is -0.444 e. The molecule has 4 atom stereocenters. The van der Waals surface area contributed by atoms with Crippen LogP contribution in [0.1, 0.15) is 77.7 Å². The van der Waals surface area contributed by atoms with Crippen molar-refractivity contribution in [2.45, 2.75) is 107 Å². The maximum atomic E-state index is 14.0. The molecule has 216 valence electrons. The van der Waals surface area contributed by atoms with Gasteiger partial charge in [0, 0.05) is 25.7 Å². The number of nitriles is 1. The summed E-state index contributed by atoms with van der Waals surface area (Å²) in [6.45, 7) is 6.47. The summed E-state index contributed by atoms with van der Waals surface area (Å²) in [5.74, 6) is -0.584. The number of nitrogens with zero attached hydrogens (tertiary/aromatic N) is 4. The van der Waals surface area contributed by atoms with Crippen molar-refractivity contribution in [3.8, 4) is 6.07 Å². The van der Waals surface area contributed by atoms with E-state index < -0.39 is 35.4 Å². The molecule has 1 aliphatic carbocycles. The SMILES string of the molecule is CC(C)(C)OC(=O)N[C@@H](CN1C[C@H]2C[C@@H]1C(=O)N2C1(c2ccc(F)cc2)CCCCC1)C(=O)N1CCC[C@H]1C#N. The Morgan fingerprint density at radius 2 is 1.88 bits per heavy atom. The molecule has 4 aliphatic rings.